The molecule has 1 aliphatic rings. The molecule has 146 valence electrons. The van der Waals surface area contributed by atoms with Crippen LogP contribution < -0.4 is 15.4 Å². The van der Waals surface area contributed by atoms with E-state index in [1.54, 1.807) is 13.4 Å². The third-order valence-corrected chi connectivity index (χ3v) is 4.72. The molecular formula is C20H30N6O. The molecule has 1 atom stereocenters. The smallest absolute Gasteiger partial charge is 0.191 e. The first-order valence-electron chi connectivity index (χ1n) is 9.53. The molecule has 1 unspecified atom stereocenters. The van der Waals surface area contributed by atoms with Gasteiger partial charge in [0.25, 0.3) is 0 Å². The van der Waals surface area contributed by atoms with E-state index >= 15 is 0 Å². The first-order valence-corrected chi connectivity index (χ1v) is 9.53. The number of aryl methyl sites for hydroxylation is 1. The summed E-state index contributed by atoms with van der Waals surface area (Å²) >= 11 is 0. The van der Waals surface area contributed by atoms with E-state index in [0.717, 1.165) is 36.9 Å². The maximum atomic E-state index is 6.02. The van der Waals surface area contributed by atoms with E-state index in [1.807, 2.05) is 16.8 Å². The van der Waals surface area contributed by atoms with Gasteiger partial charge in [0.15, 0.2) is 5.96 Å². The lowest BCUT2D eigenvalue weighted by Crippen LogP contribution is -2.47. The molecule has 0 fully saturated rings. The molecule has 1 aliphatic heterocycles. The fourth-order valence-corrected chi connectivity index (χ4v) is 3.29. The molecule has 2 N–H and O–H groups in total. The second-order valence-corrected chi connectivity index (χ2v) is 7.83. The van der Waals surface area contributed by atoms with Crippen molar-refractivity contribution in [2.45, 2.75) is 51.6 Å². The van der Waals surface area contributed by atoms with Crippen LogP contribution in [0.5, 0.6) is 5.75 Å². The van der Waals surface area contributed by atoms with E-state index in [9.17, 15) is 0 Å². The Morgan fingerprint density at radius 2 is 2.15 bits per heavy atom. The second-order valence-electron chi connectivity index (χ2n) is 7.83. The second kappa shape index (κ2) is 8.41. The Balaban J connectivity index is 1.46. The highest BCUT2D eigenvalue weighted by atomic mass is 16.5. The molecule has 0 radical (unpaired) electrons. The largest absolute Gasteiger partial charge is 0.491 e. The summed E-state index contributed by atoms with van der Waals surface area (Å²) in [7, 11) is 1.79. The van der Waals surface area contributed by atoms with Crippen LogP contribution in [0.1, 0.15) is 38.6 Å². The lowest BCUT2D eigenvalue weighted by atomic mass is 9.86. The Morgan fingerprint density at radius 1 is 1.33 bits per heavy atom. The molecule has 1 aromatic carbocycles. The molecule has 2 aromatic rings. The summed E-state index contributed by atoms with van der Waals surface area (Å²) in [5.41, 5.74) is 1.28. The fourth-order valence-electron chi connectivity index (χ4n) is 3.29. The van der Waals surface area contributed by atoms with Gasteiger partial charge >= 0.3 is 0 Å². The molecule has 2 heterocycles. The zero-order chi connectivity index (χ0) is 19.3. The lowest BCUT2D eigenvalue weighted by Gasteiger charge is -2.25. The van der Waals surface area contributed by atoms with Gasteiger partial charge in [-0.3, -0.25) is 4.99 Å². The van der Waals surface area contributed by atoms with Crippen molar-refractivity contribution in [2.24, 2.45) is 4.99 Å². The normalized spacial score (nSPS) is 17.3. The van der Waals surface area contributed by atoms with E-state index in [0.29, 0.717) is 19.2 Å². The van der Waals surface area contributed by atoms with Crippen molar-refractivity contribution in [3.05, 3.63) is 42.0 Å². The zero-order valence-electron chi connectivity index (χ0n) is 16.7. The number of hydrogen-bond acceptors (Lipinski definition) is 4. The minimum Gasteiger partial charge on any atom is -0.491 e. The molecule has 0 bridgehead atoms. The van der Waals surface area contributed by atoms with Crippen LogP contribution in [0, 0.1) is 0 Å². The quantitative estimate of drug-likeness (QED) is 0.479. The molecule has 7 heteroatoms. The number of para-hydroxylation sites is 1. The van der Waals surface area contributed by atoms with E-state index in [2.05, 4.69) is 58.6 Å². The van der Waals surface area contributed by atoms with E-state index in [1.165, 1.54) is 5.56 Å². The van der Waals surface area contributed by atoms with E-state index in [4.69, 9.17) is 4.74 Å². The molecule has 0 saturated heterocycles. The van der Waals surface area contributed by atoms with Crippen molar-refractivity contribution in [2.75, 3.05) is 20.2 Å². The average molecular weight is 371 g/mol. The van der Waals surface area contributed by atoms with Crippen molar-refractivity contribution in [1.29, 1.82) is 0 Å². The average Bonchev–Trinajstić information content (AvgIpc) is 3.11. The van der Waals surface area contributed by atoms with Crippen LogP contribution in [0.15, 0.2) is 35.6 Å². The Morgan fingerprint density at radius 3 is 2.93 bits per heavy atom. The number of ether oxygens (including phenoxy) is 1. The summed E-state index contributed by atoms with van der Waals surface area (Å²) in [4.78, 5) is 8.59. The molecule has 27 heavy (non-hydrogen) atoms. The van der Waals surface area contributed by atoms with Crippen molar-refractivity contribution < 1.29 is 4.74 Å². The maximum Gasteiger partial charge on any atom is 0.191 e. The highest BCUT2D eigenvalue weighted by Crippen LogP contribution is 2.30. The lowest BCUT2D eigenvalue weighted by molar-refractivity contribution is 0.312. The van der Waals surface area contributed by atoms with Gasteiger partial charge in [-0.25, -0.2) is 9.67 Å². The van der Waals surface area contributed by atoms with Crippen LogP contribution >= 0.6 is 0 Å². The third kappa shape index (κ3) is 4.99. The number of guanidine groups is 1. The number of rotatable bonds is 5. The number of fused-ring (bicyclic) bond motifs is 1. The monoisotopic (exact) mass is 370 g/mol. The SMILES string of the molecule is CN=C(NCCOc1ccccc1C(C)(C)C)NC1CCc2ncnn2C1. The van der Waals surface area contributed by atoms with E-state index < -0.39 is 0 Å². The number of aromatic nitrogens is 3. The Kier molecular flexibility index (Phi) is 5.98. The summed E-state index contributed by atoms with van der Waals surface area (Å²) in [5.74, 6) is 2.79. The van der Waals surface area contributed by atoms with Crippen LogP contribution in [0.2, 0.25) is 0 Å². The number of hydrogen-bond donors (Lipinski definition) is 2. The van der Waals surface area contributed by atoms with Gasteiger partial charge in [-0.1, -0.05) is 39.0 Å². The molecule has 1 aromatic heterocycles. The van der Waals surface area contributed by atoms with Gasteiger partial charge in [0, 0.05) is 19.5 Å². The van der Waals surface area contributed by atoms with Crippen molar-refractivity contribution >= 4 is 5.96 Å². The predicted molar refractivity (Wildman–Crippen MR) is 107 cm³/mol. The summed E-state index contributed by atoms with van der Waals surface area (Å²) in [5, 5.41) is 11.1. The Bertz CT molecular complexity index is 777. The van der Waals surface area contributed by atoms with Crippen molar-refractivity contribution in [3.63, 3.8) is 0 Å². The van der Waals surface area contributed by atoms with Crippen LogP contribution in [0.4, 0.5) is 0 Å². The first-order chi connectivity index (χ1) is 13.0. The zero-order valence-corrected chi connectivity index (χ0v) is 16.7. The molecule has 0 saturated carbocycles. The van der Waals surface area contributed by atoms with Crippen LogP contribution in [-0.4, -0.2) is 47.0 Å². The molecule has 3 rings (SSSR count). The van der Waals surface area contributed by atoms with Crippen LogP contribution in [-0.2, 0) is 18.4 Å². The molecule has 0 spiro atoms. The van der Waals surface area contributed by atoms with Crippen molar-refractivity contribution in [3.8, 4) is 5.75 Å². The standard InChI is InChI=1S/C20H30N6O/c1-20(2,3)16-7-5-6-8-17(16)27-12-11-22-19(21-4)25-15-9-10-18-23-14-24-26(18)13-15/h5-8,14-15H,9-13H2,1-4H3,(H2,21,22,25). The maximum absolute atomic E-state index is 6.02. The highest BCUT2D eigenvalue weighted by molar-refractivity contribution is 5.79. The topological polar surface area (TPSA) is 76.4 Å². The van der Waals surface area contributed by atoms with Crippen molar-refractivity contribution in [1.82, 2.24) is 25.4 Å². The van der Waals surface area contributed by atoms with Crippen LogP contribution in [0.3, 0.4) is 0 Å². The third-order valence-electron chi connectivity index (χ3n) is 4.72. The summed E-state index contributed by atoms with van der Waals surface area (Å²) < 4.78 is 7.98. The molecule has 7 nitrogen and oxygen atoms in total. The molecular weight excluding hydrogens is 340 g/mol. The summed E-state index contributed by atoms with van der Waals surface area (Å²) in [6, 6.07) is 8.53. The highest BCUT2D eigenvalue weighted by Gasteiger charge is 2.21. The number of benzene rings is 1. The minimum absolute atomic E-state index is 0.0583. The summed E-state index contributed by atoms with van der Waals surface area (Å²) in [6.07, 6.45) is 3.58. The molecule has 0 aliphatic carbocycles. The van der Waals surface area contributed by atoms with Gasteiger partial charge in [-0.05, 0) is 23.5 Å². The minimum atomic E-state index is 0.0583. The first kappa shape index (κ1) is 19.2. The van der Waals surface area contributed by atoms with Crippen LogP contribution in [0.25, 0.3) is 0 Å². The number of nitrogens with one attached hydrogen (secondary N) is 2. The van der Waals surface area contributed by atoms with Gasteiger partial charge in [-0.2, -0.15) is 5.10 Å². The number of aliphatic imine (C=N–C) groups is 1. The predicted octanol–water partition coefficient (Wildman–Crippen LogP) is 2.13. The Hall–Kier alpha value is -2.57. The van der Waals surface area contributed by atoms with Gasteiger partial charge in [-0.15, -0.1) is 0 Å². The molecule has 0 amide bonds. The van der Waals surface area contributed by atoms with Gasteiger partial charge in [0.05, 0.1) is 13.1 Å². The summed E-state index contributed by atoms with van der Waals surface area (Å²) in [6.45, 7) is 8.66. The Labute approximate surface area is 161 Å². The fraction of sp³-hybridized carbons (Fsp3) is 0.550. The van der Waals surface area contributed by atoms with Gasteiger partial charge in [0.2, 0.25) is 0 Å². The number of nitrogens with zero attached hydrogens (tertiary/aromatic N) is 4. The van der Waals surface area contributed by atoms with E-state index in [-0.39, 0.29) is 5.41 Å². The van der Waals surface area contributed by atoms with Gasteiger partial charge < -0.3 is 15.4 Å². The van der Waals surface area contributed by atoms with Gasteiger partial charge in [0.1, 0.15) is 24.5 Å².